The van der Waals surface area contributed by atoms with E-state index in [-0.39, 0.29) is 11.3 Å². The van der Waals surface area contributed by atoms with E-state index in [1.165, 1.54) is 0 Å². The van der Waals surface area contributed by atoms with Gasteiger partial charge in [-0.2, -0.15) is 0 Å². The average Bonchev–Trinajstić information content (AvgIpc) is 3.01. The first-order valence-corrected chi connectivity index (χ1v) is 11.8. The van der Waals surface area contributed by atoms with Crippen molar-refractivity contribution in [2.75, 3.05) is 33.8 Å². The van der Waals surface area contributed by atoms with E-state index in [4.69, 9.17) is 4.74 Å². The molecule has 1 unspecified atom stereocenters. The molecule has 0 radical (unpaired) electrons. The van der Waals surface area contributed by atoms with Gasteiger partial charge in [-0.05, 0) is 68.4 Å². The number of Topliss-reactive ketones (excluding diaryl/α,β-unsaturated/α-hetero) is 1. The van der Waals surface area contributed by atoms with Crippen molar-refractivity contribution >= 4 is 33.4 Å². The SMILES string of the molecule is Cc1cc(/C(O)=C2/C(=O)C(=O)N(CCN(C)C)C2c2ccc(Br)cc2)ccc1OCC(C)C. The molecule has 1 N–H and O–H groups in total. The molecule has 1 atom stereocenters. The molecule has 1 saturated heterocycles. The normalized spacial score (nSPS) is 17.9. The van der Waals surface area contributed by atoms with Crippen LogP contribution in [0.15, 0.2) is 52.5 Å². The van der Waals surface area contributed by atoms with Crippen LogP contribution in [-0.2, 0) is 9.59 Å². The monoisotopic (exact) mass is 514 g/mol. The van der Waals surface area contributed by atoms with Crippen LogP contribution in [0.3, 0.4) is 0 Å². The fourth-order valence-electron chi connectivity index (χ4n) is 3.78. The van der Waals surface area contributed by atoms with Crippen LogP contribution >= 0.6 is 15.9 Å². The van der Waals surface area contributed by atoms with Crippen LogP contribution in [0.2, 0.25) is 0 Å². The second-order valence-electron chi connectivity index (χ2n) is 9.03. The van der Waals surface area contributed by atoms with Gasteiger partial charge < -0.3 is 19.6 Å². The van der Waals surface area contributed by atoms with Gasteiger partial charge in [0.1, 0.15) is 11.5 Å². The summed E-state index contributed by atoms with van der Waals surface area (Å²) in [5, 5.41) is 11.2. The maximum atomic E-state index is 13.1. The maximum absolute atomic E-state index is 13.1. The molecule has 0 aromatic heterocycles. The molecule has 1 aliphatic rings. The number of amides is 1. The molecule has 6 nitrogen and oxygen atoms in total. The van der Waals surface area contributed by atoms with Gasteiger partial charge in [-0.15, -0.1) is 0 Å². The lowest BCUT2D eigenvalue weighted by Gasteiger charge is -2.26. The molecule has 1 heterocycles. The van der Waals surface area contributed by atoms with Gasteiger partial charge in [0.2, 0.25) is 0 Å². The molecule has 3 rings (SSSR count). The summed E-state index contributed by atoms with van der Waals surface area (Å²) < 4.78 is 6.73. The molecular weight excluding hydrogens is 484 g/mol. The number of likely N-dealkylation sites (tertiary alicyclic amines) is 1. The predicted octanol–water partition coefficient (Wildman–Crippen LogP) is 4.78. The summed E-state index contributed by atoms with van der Waals surface area (Å²) in [4.78, 5) is 29.6. The summed E-state index contributed by atoms with van der Waals surface area (Å²) in [5.41, 5.74) is 2.21. The number of hydrogen-bond donors (Lipinski definition) is 1. The summed E-state index contributed by atoms with van der Waals surface area (Å²) in [7, 11) is 3.83. The Kier molecular flexibility index (Phi) is 7.97. The van der Waals surface area contributed by atoms with Crippen molar-refractivity contribution in [1.82, 2.24) is 9.80 Å². The molecule has 0 spiro atoms. The Morgan fingerprint density at radius 1 is 1.15 bits per heavy atom. The van der Waals surface area contributed by atoms with Gasteiger partial charge in [0.05, 0.1) is 18.2 Å². The lowest BCUT2D eigenvalue weighted by molar-refractivity contribution is -0.140. The standard InChI is InChI=1S/C26H31BrN2O4/c1-16(2)15-33-21-11-8-19(14-17(21)3)24(30)22-23(18-6-9-20(27)10-7-18)29(13-12-28(4)5)26(32)25(22)31/h6-11,14,16,23,30H,12-13,15H2,1-5H3/b24-22-. The number of benzene rings is 2. The van der Waals surface area contributed by atoms with E-state index in [9.17, 15) is 14.7 Å². The molecule has 176 valence electrons. The van der Waals surface area contributed by atoms with E-state index in [1.807, 2.05) is 50.2 Å². The Bertz CT molecular complexity index is 1060. The number of ketones is 1. The summed E-state index contributed by atoms with van der Waals surface area (Å²) in [6.45, 7) is 7.61. The zero-order valence-corrected chi connectivity index (χ0v) is 21.3. The van der Waals surface area contributed by atoms with E-state index in [2.05, 4.69) is 29.8 Å². The van der Waals surface area contributed by atoms with Crippen LogP contribution in [0, 0.1) is 12.8 Å². The second-order valence-corrected chi connectivity index (χ2v) is 9.95. The minimum Gasteiger partial charge on any atom is -0.507 e. The number of aliphatic hydroxyl groups is 1. The number of likely N-dealkylation sites (N-methyl/N-ethyl adjacent to an activating group) is 1. The van der Waals surface area contributed by atoms with Crippen molar-refractivity contribution in [3.05, 3.63) is 69.2 Å². The number of rotatable bonds is 8. The Hall–Kier alpha value is -2.64. The van der Waals surface area contributed by atoms with E-state index >= 15 is 0 Å². The van der Waals surface area contributed by atoms with Crippen LogP contribution in [0.1, 0.15) is 36.6 Å². The van der Waals surface area contributed by atoms with Gasteiger partial charge in [0.15, 0.2) is 0 Å². The molecule has 1 aliphatic heterocycles. The van der Waals surface area contributed by atoms with E-state index in [1.54, 1.807) is 23.1 Å². The van der Waals surface area contributed by atoms with Gasteiger partial charge in [-0.25, -0.2) is 0 Å². The molecule has 2 aromatic rings. The quantitative estimate of drug-likeness (QED) is 0.312. The largest absolute Gasteiger partial charge is 0.507 e. The number of nitrogens with zero attached hydrogens (tertiary/aromatic N) is 2. The molecule has 1 amide bonds. The fraction of sp³-hybridized carbons (Fsp3) is 0.385. The number of aryl methyl sites for hydroxylation is 1. The van der Waals surface area contributed by atoms with Crippen LogP contribution in [0.5, 0.6) is 5.75 Å². The first-order valence-electron chi connectivity index (χ1n) is 11.0. The van der Waals surface area contributed by atoms with Crippen molar-refractivity contribution < 1.29 is 19.4 Å². The van der Waals surface area contributed by atoms with Crippen LogP contribution < -0.4 is 4.74 Å². The zero-order chi connectivity index (χ0) is 24.3. The Labute approximate surface area is 204 Å². The summed E-state index contributed by atoms with van der Waals surface area (Å²) >= 11 is 3.43. The molecule has 2 aromatic carbocycles. The number of ether oxygens (including phenoxy) is 1. The predicted molar refractivity (Wildman–Crippen MR) is 133 cm³/mol. The molecule has 0 bridgehead atoms. The second kappa shape index (κ2) is 10.5. The van der Waals surface area contributed by atoms with Crippen LogP contribution in [0.4, 0.5) is 0 Å². The Morgan fingerprint density at radius 2 is 1.82 bits per heavy atom. The van der Waals surface area contributed by atoms with Crippen molar-refractivity contribution in [3.63, 3.8) is 0 Å². The smallest absolute Gasteiger partial charge is 0.295 e. The Balaban J connectivity index is 2.06. The molecular formula is C26H31BrN2O4. The number of hydrogen-bond acceptors (Lipinski definition) is 5. The minimum absolute atomic E-state index is 0.108. The van der Waals surface area contributed by atoms with Crippen molar-refractivity contribution in [1.29, 1.82) is 0 Å². The zero-order valence-electron chi connectivity index (χ0n) is 19.8. The molecule has 33 heavy (non-hydrogen) atoms. The number of aliphatic hydroxyl groups excluding tert-OH is 1. The topological polar surface area (TPSA) is 70.1 Å². The lowest BCUT2D eigenvalue weighted by atomic mass is 9.95. The molecule has 7 heteroatoms. The van der Waals surface area contributed by atoms with Gasteiger partial charge >= 0.3 is 0 Å². The third-order valence-corrected chi connectivity index (χ3v) is 6.06. The number of carbonyl (C=O) groups excluding carboxylic acids is 2. The number of halogens is 1. The maximum Gasteiger partial charge on any atom is 0.295 e. The van der Waals surface area contributed by atoms with Gasteiger partial charge in [-0.1, -0.05) is 41.9 Å². The average molecular weight is 515 g/mol. The number of carbonyl (C=O) groups is 2. The lowest BCUT2D eigenvalue weighted by Crippen LogP contribution is -2.35. The van der Waals surface area contributed by atoms with Gasteiger partial charge in [-0.3, -0.25) is 9.59 Å². The van der Waals surface area contributed by atoms with Crippen LogP contribution in [-0.4, -0.2) is 60.4 Å². The summed E-state index contributed by atoms with van der Waals surface area (Å²) in [5.74, 6) is -0.318. The third-order valence-electron chi connectivity index (χ3n) is 5.53. The molecule has 0 saturated carbocycles. The van der Waals surface area contributed by atoms with Crippen LogP contribution in [0.25, 0.3) is 5.76 Å². The first kappa shape index (κ1) is 25.0. The molecule has 1 fully saturated rings. The Morgan fingerprint density at radius 3 is 2.39 bits per heavy atom. The third kappa shape index (κ3) is 5.65. The van der Waals surface area contributed by atoms with E-state index < -0.39 is 17.7 Å². The van der Waals surface area contributed by atoms with Crippen molar-refractivity contribution in [3.8, 4) is 5.75 Å². The van der Waals surface area contributed by atoms with E-state index in [0.717, 1.165) is 21.3 Å². The van der Waals surface area contributed by atoms with Gasteiger partial charge in [0, 0.05) is 23.1 Å². The fourth-order valence-corrected chi connectivity index (χ4v) is 4.04. The van der Waals surface area contributed by atoms with Crippen molar-refractivity contribution in [2.24, 2.45) is 5.92 Å². The van der Waals surface area contributed by atoms with E-state index in [0.29, 0.717) is 31.2 Å². The van der Waals surface area contributed by atoms with Crippen molar-refractivity contribution in [2.45, 2.75) is 26.8 Å². The summed E-state index contributed by atoms with van der Waals surface area (Å²) in [6.07, 6.45) is 0. The molecule has 0 aliphatic carbocycles. The highest BCUT2D eigenvalue weighted by atomic mass is 79.9. The highest BCUT2D eigenvalue weighted by molar-refractivity contribution is 9.10. The highest BCUT2D eigenvalue weighted by Crippen LogP contribution is 2.40. The first-order chi connectivity index (χ1) is 15.6. The summed E-state index contributed by atoms with van der Waals surface area (Å²) in [6, 6.07) is 12.1. The highest BCUT2D eigenvalue weighted by Gasteiger charge is 2.45. The van der Waals surface area contributed by atoms with Gasteiger partial charge in [0.25, 0.3) is 11.7 Å². The minimum atomic E-state index is -0.669.